The molecule has 1 fully saturated rings. The molecule has 3 atom stereocenters. The van der Waals surface area contributed by atoms with Crippen LogP contribution in [0.2, 0.25) is 0 Å². The first-order chi connectivity index (χ1) is 9.92. The van der Waals surface area contributed by atoms with Gasteiger partial charge in [-0.05, 0) is 37.8 Å². The summed E-state index contributed by atoms with van der Waals surface area (Å²) in [5.41, 5.74) is 7.69. The maximum absolute atomic E-state index is 12.3. The molecule has 22 heavy (non-hydrogen) atoms. The Morgan fingerprint density at radius 2 is 2.14 bits per heavy atom. The summed E-state index contributed by atoms with van der Waals surface area (Å²) in [6.07, 6.45) is 3.17. The molecule has 124 valence electrons. The second-order valence-corrected chi connectivity index (χ2v) is 6.42. The molecule has 0 heterocycles. The number of carbonyl (C=O) groups is 1. The first-order valence-electron chi connectivity index (χ1n) is 7.72. The monoisotopic (exact) mass is 326 g/mol. The fourth-order valence-corrected chi connectivity index (χ4v) is 3.18. The highest BCUT2D eigenvalue weighted by molar-refractivity contribution is 5.85. The summed E-state index contributed by atoms with van der Waals surface area (Å²) in [5, 5.41) is 13.1. The van der Waals surface area contributed by atoms with Crippen molar-refractivity contribution in [2.24, 2.45) is 11.7 Å². The number of aryl methyl sites for hydroxylation is 1. The third-order valence-corrected chi connectivity index (χ3v) is 4.59. The zero-order chi connectivity index (χ0) is 15.5. The molecular weight excluding hydrogens is 300 g/mol. The molecule has 0 aliphatic heterocycles. The fourth-order valence-electron chi connectivity index (χ4n) is 3.18. The predicted molar refractivity (Wildman–Crippen MR) is 90.9 cm³/mol. The molecule has 4 nitrogen and oxygen atoms in total. The average Bonchev–Trinajstić information content (AvgIpc) is 2.44. The number of halogens is 1. The van der Waals surface area contributed by atoms with Gasteiger partial charge in [-0.25, -0.2) is 0 Å². The van der Waals surface area contributed by atoms with Crippen LogP contribution in [0.25, 0.3) is 0 Å². The molecule has 0 radical (unpaired) electrons. The number of hydrogen-bond acceptors (Lipinski definition) is 3. The molecule has 4 N–H and O–H groups in total. The van der Waals surface area contributed by atoms with Gasteiger partial charge in [-0.15, -0.1) is 12.4 Å². The van der Waals surface area contributed by atoms with Crippen LogP contribution in [0.3, 0.4) is 0 Å². The molecule has 1 aromatic rings. The lowest BCUT2D eigenvalue weighted by molar-refractivity contribution is -0.128. The van der Waals surface area contributed by atoms with E-state index < -0.39 is 11.6 Å². The van der Waals surface area contributed by atoms with Crippen molar-refractivity contribution in [3.8, 4) is 0 Å². The maximum atomic E-state index is 12.3. The van der Waals surface area contributed by atoms with Gasteiger partial charge in [-0.1, -0.05) is 37.1 Å². The molecule has 2 rings (SSSR count). The molecule has 1 aromatic carbocycles. The lowest BCUT2D eigenvalue weighted by atomic mass is 9.74. The van der Waals surface area contributed by atoms with E-state index in [1.165, 1.54) is 0 Å². The van der Waals surface area contributed by atoms with Crippen LogP contribution in [-0.2, 0) is 4.79 Å². The van der Waals surface area contributed by atoms with Gasteiger partial charge in [0.25, 0.3) is 0 Å². The molecule has 1 aliphatic rings. The lowest BCUT2D eigenvalue weighted by Crippen LogP contribution is -2.53. The zero-order valence-electron chi connectivity index (χ0n) is 13.3. The number of nitrogens with one attached hydrogen (secondary N) is 1. The van der Waals surface area contributed by atoms with E-state index in [0.29, 0.717) is 0 Å². The first kappa shape index (κ1) is 18.9. The third-order valence-electron chi connectivity index (χ3n) is 4.59. The molecule has 3 unspecified atom stereocenters. The first-order valence-corrected chi connectivity index (χ1v) is 7.72. The van der Waals surface area contributed by atoms with Crippen LogP contribution in [0.5, 0.6) is 0 Å². The molecule has 5 heteroatoms. The topological polar surface area (TPSA) is 75.3 Å². The molecule has 1 saturated carbocycles. The molecule has 0 spiro atoms. The number of benzene rings is 1. The summed E-state index contributed by atoms with van der Waals surface area (Å²) in [4.78, 5) is 12.3. The van der Waals surface area contributed by atoms with Crippen molar-refractivity contribution in [2.45, 2.75) is 51.2 Å². The summed E-state index contributed by atoms with van der Waals surface area (Å²) in [5.74, 6) is -0.192. The van der Waals surface area contributed by atoms with E-state index >= 15 is 0 Å². The van der Waals surface area contributed by atoms with Crippen molar-refractivity contribution in [1.82, 2.24) is 5.32 Å². The standard InChI is InChI=1S/C17H26N2O2.ClH/c1-12-7-3-4-8-13(12)15(20)11-19-16(21)14-9-5-6-10-17(14,2)18;/h3-4,7-8,14-15,20H,5-6,9-11,18H2,1-2H3,(H,19,21);1H. The van der Waals surface area contributed by atoms with E-state index in [1.807, 2.05) is 38.1 Å². The highest BCUT2D eigenvalue weighted by Gasteiger charge is 2.37. The minimum Gasteiger partial charge on any atom is -0.387 e. The van der Waals surface area contributed by atoms with Gasteiger partial charge in [-0.3, -0.25) is 4.79 Å². The number of carbonyl (C=O) groups excluding carboxylic acids is 1. The number of amides is 1. The Balaban J connectivity index is 0.00000242. The summed E-state index contributed by atoms with van der Waals surface area (Å²) < 4.78 is 0. The number of aliphatic hydroxyl groups is 1. The summed E-state index contributed by atoms with van der Waals surface area (Å²) in [7, 11) is 0. The van der Waals surface area contributed by atoms with E-state index in [4.69, 9.17) is 5.73 Å². The Morgan fingerprint density at radius 3 is 2.77 bits per heavy atom. The van der Waals surface area contributed by atoms with Gasteiger partial charge in [0.05, 0.1) is 12.0 Å². The van der Waals surface area contributed by atoms with Crippen LogP contribution in [0.4, 0.5) is 0 Å². The Bertz CT molecular complexity index is 505. The SMILES string of the molecule is Cc1ccccc1C(O)CNC(=O)C1CCCCC1(C)N.Cl. The Hall–Kier alpha value is -1.10. The van der Waals surface area contributed by atoms with E-state index in [1.54, 1.807) is 0 Å². The minimum absolute atomic E-state index is 0. The average molecular weight is 327 g/mol. The zero-order valence-corrected chi connectivity index (χ0v) is 14.2. The van der Waals surface area contributed by atoms with Gasteiger partial charge in [0, 0.05) is 12.1 Å². The quantitative estimate of drug-likeness (QED) is 0.795. The van der Waals surface area contributed by atoms with E-state index in [0.717, 1.165) is 36.8 Å². The fraction of sp³-hybridized carbons (Fsp3) is 0.588. The second-order valence-electron chi connectivity index (χ2n) is 6.42. The van der Waals surface area contributed by atoms with E-state index in [-0.39, 0.29) is 30.8 Å². The van der Waals surface area contributed by atoms with Crippen LogP contribution in [-0.4, -0.2) is 23.1 Å². The molecule has 1 aliphatic carbocycles. The second kappa shape index (κ2) is 7.95. The number of nitrogens with two attached hydrogens (primary N) is 1. The summed E-state index contributed by atoms with van der Waals surface area (Å²) >= 11 is 0. The summed E-state index contributed by atoms with van der Waals surface area (Å²) in [6, 6.07) is 7.68. The van der Waals surface area contributed by atoms with Crippen molar-refractivity contribution in [1.29, 1.82) is 0 Å². The van der Waals surface area contributed by atoms with Gasteiger partial charge < -0.3 is 16.2 Å². The highest BCUT2D eigenvalue weighted by Crippen LogP contribution is 2.31. The van der Waals surface area contributed by atoms with Crippen LogP contribution in [0, 0.1) is 12.8 Å². The maximum Gasteiger partial charge on any atom is 0.225 e. The van der Waals surface area contributed by atoms with Crippen molar-refractivity contribution in [3.63, 3.8) is 0 Å². The highest BCUT2D eigenvalue weighted by atomic mass is 35.5. The number of hydrogen-bond donors (Lipinski definition) is 3. The number of rotatable bonds is 4. The molecular formula is C17H27ClN2O2. The van der Waals surface area contributed by atoms with Gasteiger partial charge in [-0.2, -0.15) is 0 Å². The predicted octanol–water partition coefficient (Wildman–Crippen LogP) is 2.47. The Labute approximate surface area is 138 Å². The molecule has 0 saturated heterocycles. The van der Waals surface area contributed by atoms with Crippen LogP contribution in [0.1, 0.15) is 49.8 Å². The number of aliphatic hydroxyl groups excluding tert-OH is 1. The van der Waals surface area contributed by atoms with Crippen molar-refractivity contribution >= 4 is 18.3 Å². The molecule has 0 bridgehead atoms. The smallest absolute Gasteiger partial charge is 0.225 e. The minimum atomic E-state index is -0.678. The van der Waals surface area contributed by atoms with Crippen molar-refractivity contribution in [2.75, 3.05) is 6.54 Å². The largest absolute Gasteiger partial charge is 0.387 e. The molecule has 0 aromatic heterocycles. The Kier molecular flexibility index (Phi) is 6.85. The van der Waals surface area contributed by atoms with E-state index in [9.17, 15) is 9.90 Å². The van der Waals surface area contributed by atoms with Gasteiger partial charge in [0.15, 0.2) is 0 Å². The van der Waals surface area contributed by atoms with Gasteiger partial charge in [0.1, 0.15) is 0 Å². The normalized spacial score (nSPS) is 25.9. The Morgan fingerprint density at radius 1 is 1.45 bits per heavy atom. The van der Waals surface area contributed by atoms with Crippen molar-refractivity contribution in [3.05, 3.63) is 35.4 Å². The van der Waals surface area contributed by atoms with E-state index in [2.05, 4.69) is 5.32 Å². The summed E-state index contributed by atoms with van der Waals surface area (Å²) in [6.45, 7) is 4.14. The van der Waals surface area contributed by atoms with Gasteiger partial charge >= 0.3 is 0 Å². The molecule has 1 amide bonds. The van der Waals surface area contributed by atoms with Gasteiger partial charge in [0.2, 0.25) is 5.91 Å². The van der Waals surface area contributed by atoms with Crippen LogP contribution in [0.15, 0.2) is 24.3 Å². The van der Waals surface area contributed by atoms with Crippen LogP contribution >= 0.6 is 12.4 Å². The van der Waals surface area contributed by atoms with Crippen molar-refractivity contribution < 1.29 is 9.90 Å². The van der Waals surface area contributed by atoms with Crippen LogP contribution < -0.4 is 11.1 Å². The lowest BCUT2D eigenvalue weighted by Gasteiger charge is -2.37. The third kappa shape index (κ3) is 4.45.